The number of nitrogens with one attached hydrogen (secondary N) is 1. The Kier molecular flexibility index (Phi) is 4.38. The molecule has 0 fully saturated rings. The molecule has 0 aromatic heterocycles. The van der Waals surface area contributed by atoms with Gasteiger partial charge in [-0.1, -0.05) is 49.0 Å². The molecule has 0 heterocycles. The molecular formula is C17H17NO3. The number of carbonyl (C=O) groups is 2. The molecule has 0 radical (unpaired) electrons. The lowest BCUT2D eigenvalue weighted by Gasteiger charge is -2.16. The third kappa shape index (κ3) is 3.48. The molecular weight excluding hydrogens is 266 g/mol. The number of carboxylic acid groups (broad SMARTS) is 1. The van der Waals surface area contributed by atoms with Crippen LogP contribution < -0.4 is 5.32 Å². The molecule has 0 aliphatic heterocycles. The molecule has 1 unspecified atom stereocenters. The Morgan fingerprint density at radius 3 is 2.52 bits per heavy atom. The molecule has 0 aliphatic rings. The molecule has 0 saturated carbocycles. The molecule has 4 nitrogen and oxygen atoms in total. The van der Waals surface area contributed by atoms with E-state index in [2.05, 4.69) is 11.9 Å². The molecule has 21 heavy (non-hydrogen) atoms. The molecule has 0 aliphatic carbocycles. The first-order chi connectivity index (χ1) is 9.99. The quantitative estimate of drug-likeness (QED) is 0.829. The molecule has 2 N–H and O–H groups in total. The van der Waals surface area contributed by atoms with Gasteiger partial charge in [-0.25, -0.2) is 4.79 Å². The van der Waals surface area contributed by atoms with Gasteiger partial charge in [-0.3, -0.25) is 4.79 Å². The van der Waals surface area contributed by atoms with Crippen molar-refractivity contribution < 1.29 is 14.7 Å². The highest BCUT2D eigenvalue weighted by molar-refractivity contribution is 5.95. The van der Waals surface area contributed by atoms with Gasteiger partial charge in [-0.2, -0.15) is 0 Å². The number of benzene rings is 2. The second kappa shape index (κ2) is 6.22. The molecule has 2 aromatic carbocycles. The first kappa shape index (κ1) is 14.8. The van der Waals surface area contributed by atoms with Gasteiger partial charge in [0, 0.05) is 12.0 Å². The molecule has 0 saturated heterocycles. The van der Waals surface area contributed by atoms with Crippen molar-refractivity contribution in [1.29, 1.82) is 0 Å². The van der Waals surface area contributed by atoms with Gasteiger partial charge in [0.25, 0.3) is 0 Å². The summed E-state index contributed by atoms with van der Waals surface area (Å²) in [6.45, 7) is 5.07. The van der Waals surface area contributed by atoms with Gasteiger partial charge in [0.1, 0.15) is 6.04 Å². The van der Waals surface area contributed by atoms with Crippen LogP contribution in [-0.2, 0) is 16.0 Å². The minimum Gasteiger partial charge on any atom is -0.480 e. The van der Waals surface area contributed by atoms with E-state index in [0.717, 1.165) is 16.3 Å². The lowest BCUT2D eigenvalue weighted by Crippen LogP contribution is -2.42. The maximum absolute atomic E-state index is 11.6. The zero-order valence-corrected chi connectivity index (χ0v) is 11.8. The minimum absolute atomic E-state index is 0.232. The molecule has 0 bridgehead atoms. The van der Waals surface area contributed by atoms with Gasteiger partial charge in [-0.15, -0.1) is 0 Å². The third-order valence-corrected chi connectivity index (χ3v) is 3.30. The molecule has 1 amide bonds. The van der Waals surface area contributed by atoms with Gasteiger partial charge < -0.3 is 10.4 Å². The maximum Gasteiger partial charge on any atom is 0.326 e. The monoisotopic (exact) mass is 283 g/mol. The van der Waals surface area contributed by atoms with E-state index in [1.807, 2.05) is 42.5 Å². The summed E-state index contributed by atoms with van der Waals surface area (Å²) in [6.07, 6.45) is 0.232. The number of carbonyl (C=O) groups excluding carboxylic acids is 1. The lowest BCUT2D eigenvalue weighted by atomic mass is 9.98. The first-order valence-corrected chi connectivity index (χ1v) is 6.65. The second-order valence-electron chi connectivity index (χ2n) is 4.99. The van der Waals surface area contributed by atoms with Crippen LogP contribution in [-0.4, -0.2) is 23.0 Å². The van der Waals surface area contributed by atoms with Crippen LogP contribution in [0.1, 0.15) is 12.5 Å². The summed E-state index contributed by atoms with van der Waals surface area (Å²) in [6, 6.07) is 12.5. The van der Waals surface area contributed by atoms with Gasteiger partial charge in [0.15, 0.2) is 0 Å². The molecule has 108 valence electrons. The summed E-state index contributed by atoms with van der Waals surface area (Å²) >= 11 is 0. The Balaban J connectivity index is 2.29. The summed E-state index contributed by atoms with van der Waals surface area (Å²) in [5.41, 5.74) is 1.18. The number of aliphatic carboxylic acids is 1. The fourth-order valence-electron chi connectivity index (χ4n) is 2.17. The number of amides is 1. The van der Waals surface area contributed by atoms with E-state index < -0.39 is 17.9 Å². The van der Waals surface area contributed by atoms with E-state index in [9.17, 15) is 14.7 Å². The summed E-state index contributed by atoms with van der Waals surface area (Å²) < 4.78 is 0. The fraction of sp³-hybridized carbons (Fsp3) is 0.176. The van der Waals surface area contributed by atoms with E-state index >= 15 is 0 Å². The Labute approximate surface area is 123 Å². The summed E-state index contributed by atoms with van der Waals surface area (Å²) in [4.78, 5) is 23.0. The van der Waals surface area contributed by atoms with E-state index in [1.165, 1.54) is 0 Å². The van der Waals surface area contributed by atoms with Crippen LogP contribution in [0.25, 0.3) is 10.8 Å². The van der Waals surface area contributed by atoms with Crippen molar-refractivity contribution in [3.8, 4) is 0 Å². The predicted octanol–water partition coefficient (Wildman–Crippen LogP) is 2.53. The molecule has 1 atom stereocenters. The second-order valence-corrected chi connectivity index (χ2v) is 4.99. The van der Waals surface area contributed by atoms with E-state index in [4.69, 9.17) is 0 Å². The largest absolute Gasteiger partial charge is 0.480 e. The van der Waals surface area contributed by atoms with Crippen LogP contribution in [0.4, 0.5) is 0 Å². The van der Waals surface area contributed by atoms with Crippen LogP contribution >= 0.6 is 0 Å². The minimum atomic E-state index is -1.06. The van der Waals surface area contributed by atoms with Crippen molar-refractivity contribution in [2.24, 2.45) is 0 Å². The Hall–Kier alpha value is -2.62. The number of carboxylic acids is 1. The van der Waals surface area contributed by atoms with Gasteiger partial charge >= 0.3 is 5.97 Å². The fourth-order valence-corrected chi connectivity index (χ4v) is 2.17. The van der Waals surface area contributed by atoms with Crippen molar-refractivity contribution in [2.75, 3.05) is 0 Å². The van der Waals surface area contributed by atoms with Crippen molar-refractivity contribution >= 4 is 22.6 Å². The smallest absolute Gasteiger partial charge is 0.326 e. The summed E-state index contributed by atoms with van der Waals surface area (Å²) in [5, 5.41) is 13.8. The Bertz CT molecular complexity index is 701. The van der Waals surface area contributed by atoms with Crippen LogP contribution in [0.3, 0.4) is 0 Å². The molecule has 4 heteroatoms. The van der Waals surface area contributed by atoms with Crippen molar-refractivity contribution in [3.63, 3.8) is 0 Å². The van der Waals surface area contributed by atoms with Crippen LogP contribution in [0.5, 0.6) is 0 Å². The highest BCUT2D eigenvalue weighted by Gasteiger charge is 2.21. The Morgan fingerprint density at radius 1 is 1.19 bits per heavy atom. The topological polar surface area (TPSA) is 66.4 Å². The molecule has 2 rings (SSSR count). The molecule has 2 aromatic rings. The van der Waals surface area contributed by atoms with Gasteiger partial charge in [0.2, 0.25) is 5.91 Å². The van der Waals surface area contributed by atoms with Crippen molar-refractivity contribution in [3.05, 3.63) is 60.2 Å². The van der Waals surface area contributed by atoms with E-state index in [-0.39, 0.29) is 6.42 Å². The summed E-state index contributed by atoms with van der Waals surface area (Å²) in [5.74, 6) is -1.50. The number of rotatable bonds is 5. The van der Waals surface area contributed by atoms with Crippen LogP contribution in [0, 0.1) is 0 Å². The Morgan fingerprint density at radius 2 is 1.86 bits per heavy atom. The highest BCUT2D eigenvalue weighted by Crippen LogP contribution is 2.19. The summed E-state index contributed by atoms with van der Waals surface area (Å²) in [7, 11) is 0. The predicted molar refractivity (Wildman–Crippen MR) is 82.0 cm³/mol. The van der Waals surface area contributed by atoms with E-state index in [1.54, 1.807) is 6.92 Å². The third-order valence-electron chi connectivity index (χ3n) is 3.30. The normalized spacial score (nSPS) is 11.9. The van der Waals surface area contributed by atoms with Crippen molar-refractivity contribution in [1.82, 2.24) is 5.32 Å². The SMILES string of the molecule is C=C(C)C(=O)NC(Cc1cccc2ccccc12)C(=O)O. The van der Waals surface area contributed by atoms with Gasteiger partial charge in [-0.05, 0) is 23.3 Å². The van der Waals surface area contributed by atoms with E-state index in [0.29, 0.717) is 5.57 Å². The van der Waals surface area contributed by atoms with Gasteiger partial charge in [0.05, 0.1) is 0 Å². The zero-order valence-electron chi connectivity index (χ0n) is 11.8. The first-order valence-electron chi connectivity index (χ1n) is 6.65. The van der Waals surface area contributed by atoms with Crippen molar-refractivity contribution in [2.45, 2.75) is 19.4 Å². The molecule has 0 spiro atoms. The zero-order chi connectivity index (χ0) is 15.4. The number of hydrogen-bond donors (Lipinski definition) is 2. The number of fused-ring (bicyclic) bond motifs is 1. The van der Waals surface area contributed by atoms with Crippen LogP contribution in [0.15, 0.2) is 54.6 Å². The van der Waals surface area contributed by atoms with Crippen LogP contribution in [0.2, 0.25) is 0 Å². The lowest BCUT2D eigenvalue weighted by molar-refractivity contribution is -0.141. The standard InChI is InChI=1S/C17H17NO3/c1-11(2)16(19)18-15(17(20)21)10-13-8-5-7-12-6-3-4-9-14(12)13/h3-9,15H,1,10H2,2H3,(H,18,19)(H,20,21). The average Bonchev–Trinajstić information content (AvgIpc) is 2.46. The average molecular weight is 283 g/mol. The maximum atomic E-state index is 11.6. The highest BCUT2D eigenvalue weighted by atomic mass is 16.4. The number of hydrogen-bond acceptors (Lipinski definition) is 2.